The average Bonchev–Trinajstić information content (AvgIpc) is 2.96. The number of aryl methyl sites for hydroxylation is 1. The monoisotopic (exact) mass is 463 g/mol. The summed E-state index contributed by atoms with van der Waals surface area (Å²) in [5.41, 5.74) is 1.10. The summed E-state index contributed by atoms with van der Waals surface area (Å²) in [7, 11) is -1.26. The fourth-order valence-corrected chi connectivity index (χ4v) is 34.4. The topological polar surface area (TPSA) is 37.4 Å². The fourth-order valence-electron chi connectivity index (χ4n) is 3.20. The summed E-state index contributed by atoms with van der Waals surface area (Å²) in [6, 6.07) is 7.38. The maximum absolute atomic E-state index is 13.3. The van der Waals surface area contributed by atoms with Crippen molar-refractivity contribution in [2.45, 2.75) is 60.2 Å². The van der Waals surface area contributed by atoms with Crippen molar-refractivity contribution in [3.63, 3.8) is 0 Å². The van der Waals surface area contributed by atoms with Crippen LogP contribution in [-0.2, 0) is 10.0 Å². The van der Waals surface area contributed by atoms with Gasteiger partial charge in [0.15, 0.2) is 0 Å². The molecule has 0 spiro atoms. The molecule has 130 valence electrons. The van der Waals surface area contributed by atoms with Gasteiger partial charge >= 0.3 is 150 Å². The van der Waals surface area contributed by atoms with Gasteiger partial charge in [-0.05, 0) is 0 Å². The number of nitrogens with zero attached hydrogens (tertiary/aromatic N) is 1. The summed E-state index contributed by atoms with van der Waals surface area (Å²) < 4.78 is 30.9. The Morgan fingerprint density at radius 1 is 1.09 bits per heavy atom. The van der Waals surface area contributed by atoms with Crippen LogP contribution in [0.3, 0.4) is 0 Å². The maximum atomic E-state index is 13.3. The van der Waals surface area contributed by atoms with E-state index in [0.29, 0.717) is 4.90 Å². The van der Waals surface area contributed by atoms with Crippen molar-refractivity contribution in [3.8, 4) is 0 Å². The van der Waals surface area contributed by atoms with Gasteiger partial charge in [-0.1, -0.05) is 0 Å². The number of hydrogen-bond donors (Lipinski definition) is 0. The van der Waals surface area contributed by atoms with Crippen LogP contribution in [0.1, 0.15) is 45.1 Å². The van der Waals surface area contributed by atoms with Crippen LogP contribution in [0.25, 0.3) is 0 Å². The van der Waals surface area contributed by atoms with Gasteiger partial charge in [0, 0.05) is 0 Å². The van der Waals surface area contributed by atoms with Gasteiger partial charge in [0.05, 0.1) is 0 Å². The van der Waals surface area contributed by atoms with Crippen LogP contribution in [0.15, 0.2) is 29.2 Å². The van der Waals surface area contributed by atoms with Gasteiger partial charge < -0.3 is 0 Å². The second kappa shape index (κ2) is 8.58. The van der Waals surface area contributed by atoms with Gasteiger partial charge in [-0.25, -0.2) is 0 Å². The molecule has 1 heterocycles. The van der Waals surface area contributed by atoms with Crippen molar-refractivity contribution in [2.24, 2.45) is 0 Å². The van der Waals surface area contributed by atoms with Crippen LogP contribution in [0.5, 0.6) is 0 Å². The quantitative estimate of drug-likeness (QED) is 0.523. The zero-order chi connectivity index (χ0) is 16.9. The molecule has 1 aromatic rings. The number of hydrogen-bond acceptors (Lipinski definition) is 3. The summed E-state index contributed by atoms with van der Waals surface area (Å²) in [6.45, 7) is 7.13. The molecule has 0 aromatic heterocycles. The second-order valence-electron chi connectivity index (χ2n) is 6.39. The van der Waals surface area contributed by atoms with Gasteiger partial charge in [-0.15, -0.1) is 0 Å². The zero-order valence-corrected chi connectivity index (χ0v) is 19.0. The third kappa shape index (κ3) is 4.47. The van der Waals surface area contributed by atoms with Crippen molar-refractivity contribution >= 4 is 36.2 Å². The van der Waals surface area contributed by atoms with E-state index in [0.717, 1.165) is 30.7 Å². The first-order valence-corrected chi connectivity index (χ1v) is 19.9. The molecule has 6 heteroatoms. The molecule has 0 amide bonds. The molecule has 0 unspecified atom stereocenters. The Morgan fingerprint density at radius 3 is 2.17 bits per heavy atom. The minimum atomic E-state index is -3.32. The second-order valence-corrected chi connectivity index (χ2v) is 27.2. The molecule has 0 saturated carbocycles. The van der Waals surface area contributed by atoms with E-state index < -0.39 is 27.3 Å². The zero-order valence-electron chi connectivity index (χ0n) is 14.5. The van der Waals surface area contributed by atoms with E-state index in [1.807, 2.05) is 21.6 Å². The molecule has 0 N–H and O–H groups in total. The van der Waals surface area contributed by atoms with E-state index in [1.54, 1.807) is 12.1 Å². The van der Waals surface area contributed by atoms with Crippen molar-refractivity contribution < 1.29 is 8.42 Å². The van der Waals surface area contributed by atoms with Crippen molar-refractivity contribution in [2.75, 3.05) is 12.3 Å². The Kier molecular flexibility index (Phi) is 7.32. The summed E-state index contributed by atoms with van der Waals surface area (Å²) in [6.07, 6.45) is 4.66. The van der Waals surface area contributed by atoms with Crippen LogP contribution in [-0.4, -0.2) is 40.5 Å². The molecule has 2 rings (SSSR count). The van der Waals surface area contributed by atoms with Crippen molar-refractivity contribution in [1.29, 1.82) is 0 Å². The fraction of sp³-hybridized carbons (Fsp3) is 0.647. The third-order valence-electron chi connectivity index (χ3n) is 4.57. The van der Waals surface area contributed by atoms with E-state index in [-0.39, 0.29) is 0 Å². The van der Waals surface area contributed by atoms with E-state index >= 15 is 0 Å². The molecular formula is C17H29NO2S2Sn. The molecule has 0 radical (unpaired) electrons. The Hall–Kier alpha value is 0.279. The summed E-state index contributed by atoms with van der Waals surface area (Å²) in [5, 5.41) is 0. The number of rotatable bonds is 8. The van der Waals surface area contributed by atoms with E-state index in [1.165, 1.54) is 21.7 Å². The molecule has 0 aliphatic carbocycles. The van der Waals surface area contributed by atoms with E-state index in [4.69, 9.17) is 0 Å². The normalized spacial score (nSPS) is 18.4. The van der Waals surface area contributed by atoms with Gasteiger partial charge in [-0.3, -0.25) is 0 Å². The van der Waals surface area contributed by atoms with Crippen LogP contribution in [0, 0.1) is 6.92 Å². The summed E-state index contributed by atoms with van der Waals surface area (Å²) in [4.78, 5) is 0.486. The molecule has 1 aromatic carbocycles. The van der Waals surface area contributed by atoms with Crippen LogP contribution in [0.2, 0.25) is 8.87 Å². The number of sulfonamides is 1. The van der Waals surface area contributed by atoms with Crippen molar-refractivity contribution in [1.82, 2.24) is 2.53 Å². The Bertz CT molecular complexity index is 594. The Balaban J connectivity index is 2.34. The average molecular weight is 462 g/mol. The molecule has 1 aliphatic rings. The van der Waals surface area contributed by atoms with Gasteiger partial charge in [0.25, 0.3) is 0 Å². The molecule has 0 bridgehead atoms. The predicted molar refractivity (Wildman–Crippen MR) is 103 cm³/mol. The van der Waals surface area contributed by atoms with Gasteiger partial charge in [0.2, 0.25) is 0 Å². The van der Waals surface area contributed by atoms with E-state index in [9.17, 15) is 8.42 Å². The molecule has 0 atom stereocenters. The summed E-state index contributed by atoms with van der Waals surface area (Å²) >= 11 is -2.86. The van der Waals surface area contributed by atoms with Crippen LogP contribution in [0.4, 0.5) is 0 Å². The Morgan fingerprint density at radius 2 is 1.65 bits per heavy atom. The van der Waals surface area contributed by atoms with Gasteiger partial charge in [-0.2, -0.15) is 0 Å². The Labute approximate surface area is 149 Å². The third-order valence-corrected chi connectivity index (χ3v) is 32.6. The SMILES string of the molecule is CCC[CH2][Sn]1([CH2]CCC)[S]CC[N]1S(=O)(=O)c1ccc(C)cc1. The first-order valence-electron chi connectivity index (χ1n) is 8.70. The van der Waals surface area contributed by atoms with Crippen LogP contribution < -0.4 is 0 Å². The molecule has 3 nitrogen and oxygen atoms in total. The molecule has 1 aliphatic heterocycles. The first kappa shape index (κ1) is 19.6. The number of benzene rings is 1. The van der Waals surface area contributed by atoms with Crippen molar-refractivity contribution in [3.05, 3.63) is 29.8 Å². The summed E-state index contributed by atoms with van der Waals surface area (Å²) in [5.74, 6) is 0.995. The van der Waals surface area contributed by atoms with E-state index in [2.05, 4.69) is 22.8 Å². The molecule has 1 fully saturated rings. The minimum absolute atomic E-state index is 0.486. The predicted octanol–water partition coefficient (Wildman–Crippen LogP) is 4.77. The van der Waals surface area contributed by atoms with Gasteiger partial charge in [0.1, 0.15) is 0 Å². The molecule has 1 saturated heterocycles. The number of unbranched alkanes of at least 4 members (excludes halogenated alkanes) is 2. The molecule has 23 heavy (non-hydrogen) atoms. The first-order chi connectivity index (χ1) is 11.0. The van der Waals surface area contributed by atoms with Crippen LogP contribution >= 0.6 is 8.95 Å². The molecular weight excluding hydrogens is 433 g/mol. The standard InChI is InChI=1S/C9H12NO2S2.2C4H9.Sn/c1-8-2-4-9(5-3-8)14(11,12)10-6-7-13;2*1-3-4-2;/h2-5,13H,6-7H2,1H3;2*1,3-4H2,2H3;/q-1;;;+2/p-1.